The van der Waals surface area contributed by atoms with Crippen LogP contribution in [0.15, 0.2) is 12.2 Å². The minimum atomic E-state index is 0.00984. The van der Waals surface area contributed by atoms with Gasteiger partial charge in [0.15, 0.2) is 5.78 Å². The number of rotatable bonds is 8. The predicted molar refractivity (Wildman–Crippen MR) is 66.8 cm³/mol. The van der Waals surface area contributed by atoms with Gasteiger partial charge in [0.25, 0.3) is 0 Å². The van der Waals surface area contributed by atoms with Gasteiger partial charge >= 0.3 is 0 Å². The van der Waals surface area contributed by atoms with Crippen molar-refractivity contribution < 1.29 is 14.3 Å². The Morgan fingerprint density at radius 1 is 1.29 bits per heavy atom. The fourth-order valence-corrected chi connectivity index (χ4v) is 1.16. The molecule has 0 heterocycles. The molecular formula is C12H22N2O3. The van der Waals surface area contributed by atoms with Gasteiger partial charge in [0.2, 0.25) is 5.91 Å². The highest BCUT2D eigenvalue weighted by molar-refractivity contribution is 5.87. The van der Waals surface area contributed by atoms with Crippen molar-refractivity contribution in [2.75, 3.05) is 47.4 Å². The monoisotopic (exact) mass is 242 g/mol. The van der Waals surface area contributed by atoms with Crippen molar-refractivity contribution in [1.82, 2.24) is 9.80 Å². The van der Waals surface area contributed by atoms with Crippen LogP contribution in [0, 0.1) is 0 Å². The van der Waals surface area contributed by atoms with E-state index in [1.807, 2.05) is 4.90 Å². The standard InChI is InChI=1S/C12H22N2O3/c1-11(15)6-5-7-14(8-9-17-4)10-12(16)13(2)3/h5-6H,7-10H2,1-4H3/b6-5+. The lowest BCUT2D eigenvalue weighted by Crippen LogP contribution is -2.38. The Kier molecular flexibility index (Phi) is 8.27. The maximum atomic E-state index is 11.6. The van der Waals surface area contributed by atoms with Crippen LogP contribution in [0.5, 0.6) is 0 Å². The van der Waals surface area contributed by atoms with Gasteiger partial charge in [-0.15, -0.1) is 0 Å². The second kappa shape index (κ2) is 8.90. The Morgan fingerprint density at radius 3 is 2.41 bits per heavy atom. The zero-order valence-electron chi connectivity index (χ0n) is 11.1. The quantitative estimate of drug-likeness (QED) is 0.569. The molecule has 0 atom stereocenters. The van der Waals surface area contributed by atoms with Gasteiger partial charge in [0.1, 0.15) is 0 Å². The van der Waals surface area contributed by atoms with E-state index in [-0.39, 0.29) is 11.7 Å². The van der Waals surface area contributed by atoms with Crippen molar-refractivity contribution in [3.05, 3.63) is 12.2 Å². The van der Waals surface area contributed by atoms with Gasteiger partial charge in [0.05, 0.1) is 13.2 Å². The van der Waals surface area contributed by atoms with Crippen molar-refractivity contribution in [2.24, 2.45) is 0 Å². The van der Waals surface area contributed by atoms with Gasteiger partial charge in [0, 0.05) is 34.3 Å². The maximum absolute atomic E-state index is 11.6. The normalized spacial score (nSPS) is 11.1. The van der Waals surface area contributed by atoms with Crippen LogP contribution in [-0.4, -0.2) is 68.9 Å². The summed E-state index contributed by atoms with van der Waals surface area (Å²) in [6.07, 6.45) is 3.28. The molecular weight excluding hydrogens is 220 g/mol. The predicted octanol–water partition coefficient (Wildman–Crippen LogP) is 0.168. The average molecular weight is 242 g/mol. The molecule has 5 heteroatoms. The number of likely N-dealkylation sites (N-methyl/N-ethyl adjacent to an activating group) is 1. The Hall–Kier alpha value is -1.20. The van der Waals surface area contributed by atoms with Crippen molar-refractivity contribution in [3.63, 3.8) is 0 Å². The van der Waals surface area contributed by atoms with Crippen LogP contribution in [0.25, 0.3) is 0 Å². The molecule has 0 N–H and O–H groups in total. The zero-order valence-corrected chi connectivity index (χ0v) is 11.1. The van der Waals surface area contributed by atoms with Crippen molar-refractivity contribution >= 4 is 11.7 Å². The molecule has 98 valence electrons. The van der Waals surface area contributed by atoms with E-state index in [4.69, 9.17) is 4.74 Å². The first-order valence-corrected chi connectivity index (χ1v) is 5.56. The number of carbonyl (C=O) groups excluding carboxylic acids is 2. The molecule has 0 aromatic heterocycles. The molecule has 0 aliphatic rings. The third-order valence-corrected chi connectivity index (χ3v) is 2.19. The highest BCUT2D eigenvalue weighted by Crippen LogP contribution is 1.93. The fourth-order valence-electron chi connectivity index (χ4n) is 1.16. The largest absolute Gasteiger partial charge is 0.383 e. The van der Waals surface area contributed by atoms with E-state index in [2.05, 4.69) is 0 Å². The molecule has 0 spiro atoms. The summed E-state index contributed by atoms with van der Waals surface area (Å²) in [6, 6.07) is 0. The van der Waals surface area contributed by atoms with Gasteiger partial charge in [-0.1, -0.05) is 6.08 Å². The summed E-state index contributed by atoms with van der Waals surface area (Å²) in [6.45, 7) is 3.63. The number of methoxy groups -OCH3 is 1. The highest BCUT2D eigenvalue weighted by atomic mass is 16.5. The number of carbonyl (C=O) groups is 2. The SMILES string of the molecule is COCCN(C/C=C/C(C)=O)CC(=O)N(C)C. The molecule has 0 aromatic rings. The van der Waals surface area contributed by atoms with E-state index < -0.39 is 0 Å². The Morgan fingerprint density at radius 2 is 1.94 bits per heavy atom. The van der Waals surface area contributed by atoms with Gasteiger partial charge < -0.3 is 9.64 Å². The first kappa shape index (κ1) is 15.8. The summed E-state index contributed by atoms with van der Waals surface area (Å²) in [5.41, 5.74) is 0. The maximum Gasteiger partial charge on any atom is 0.236 e. The molecule has 0 rings (SSSR count). The number of ether oxygens (including phenoxy) is 1. The minimum absolute atomic E-state index is 0.00984. The first-order valence-electron chi connectivity index (χ1n) is 5.56. The van der Waals surface area contributed by atoms with Crippen LogP contribution >= 0.6 is 0 Å². The van der Waals surface area contributed by atoms with Crippen LogP contribution in [0.2, 0.25) is 0 Å². The van der Waals surface area contributed by atoms with E-state index in [1.54, 1.807) is 32.2 Å². The van der Waals surface area contributed by atoms with Crippen LogP contribution in [0.1, 0.15) is 6.92 Å². The molecule has 0 aliphatic carbocycles. The molecule has 0 saturated heterocycles. The van der Waals surface area contributed by atoms with Gasteiger partial charge in [-0.25, -0.2) is 0 Å². The topological polar surface area (TPSA) is 49.9 Å². The van der Waals surface area contributed by atoms with E-state index in [1.165, 1.54) is 13.0 Å². The molecule has 0 bridgehead atoms. The summed E-state index contributed by atoms with van der Waals surface area (Å²) >= 11 is 0. The minimum Gasteiger partial charge on any atom is -0.383 e. The molecule has 0 radical (unpaired) electrons. The van der Waals surface area contributed by atoms with Gasteiger partial charge in [-0.05, 0) is 13.0 Å². The number of nitrogens with zero attached hydrogens (tertiary/aromatic N) is 2. The third-order valence-electron chi connectivity index (χ3n) is 2.19. The van der Waals surface area contributed by atoms with Crippen molar-refractivity contribution in [2.45, 2.75) is 6.92 Å². The Balaban J connectivity index is 4.22. The van der Waals surface area contributed by atoms with Gasteiger partial charge in [-0.3, -0.25) is 14.5 Å². The lowest BCUT2D eigenvalue weighted by atomic mass is 10.3. The average Bonchev–Trinajstić information content (AvgIpc) is 2.24. The first-order chi connectivity index (χ1) is 7.97. The molecule has 5 nitrogen and oxygen atoms in total. The third kappa shape index (κ3) is 8.59. The zero-order chi connectivity index (χ0) is 13.3. The Labute approximate surface area is 103 Å². The fraction of sp³-hybridized carbons (Fsp3) is 0.667. The van der Waals surface area contributed by atoms with E-state index in [0.29, 0.717) is 26.2 Å². The smallest absolute Gasteiger partial charge is 0.236 e. The molecule has 17 heavy (non-hydrogen) atoms. The molecule has 0 aliphatic heterocycles. The molecule has 0 aromatic carbocycles. The number of hydrogen-bond acceptors (Lipinski definition) is 4. The lowest BCUT2D eigenvalue weighted by Gasteiger charge is -2.21. The van der Waals surface area contributed by atoms with E-state index in [9.17, 15) is 9.59 Å². The summed E-state index contributed by atoms with van der Waals surface area (Å²) in [5, 5.41) is 0. The number of hydrogen-bond donors (Lipinski definition) is 0. The second-order valence-electron chi connectivity index (χ2n) is 4.03. The molecule has 0 fully saturated rings. The van der Waals surface area contributed by atoms with Crippen LogP contribution in [0.4, 0.5) is 0 Å². The number of ketones is 1. The van der Waals surface area contributed by atoms with E-state index in [0.717, 1.165) is 0 Å². The second-order valence-corrected chi connectivity index (χ2v) is 4.03. The van der Waals surface area contributed by atoms with Crippen molar-refractivity contribution in [1.29, 1.82) is 0 Å². The summed E-state index contributed by atoms with van der Waals surface area (Å²) in [7, 11) is 5.07. The molecule has 0 unspecified atom stereocenters. The molecule has 0 saturated carbocycles. The van der Waals surface area contributed by atoms with Gasteiger partial charge in [-0.2, -0.15) is 0 Å². The summed E-state index contributed by atoms with van der Waals surface area (Å²) in [4.78, 5) is 25.8. The number of allylic oxidation sites excluding steroid dienone is 1. The van der Waals surface area contributed by atoms with Crippen LogP contribution in [-0.2, 0) is 14.3 Å². The summed E-state index contributed by atoms with van der Waals surface area (Å²) < 4.78 is 4.98. The van der Waals surface area contributed by atoms with Crippen LogP contribution < -0.4 is 0 Å². The van der Waals surface area contributed by atoms with E-state index >= 15 is 0 Å². The molecule has 1 amide bonds. The highest BCUT2D eigenvalue weighted by Gasteiger charge is 2.10. The lowest BCUT2D eigenvalue weighted by molar-refractivity contribution is -0.129. The van der Waals surface area contributed by atoms with Crippen LogP contribution in [0.3, 0.4) is 0 Å². The van der Waals surface area contributed by atoms with Crippen molar-refractivity contribution in [3.8, 4) is 0 Å². The Bertz CT molecular complexity index is 275. The number of amides is 1. The summed E-state index contributed by atoms with van der Waals surface area (Å²) in [5.74, 6) is 0.0490.